The van der Waals surface area contributed by atoms with E-state index in [9.17, 15) is 0 Å². The van der Waals surface area contributed by atoms with E-state index in [-0.39, 0.29) is 0 Å². The molecule has 0 spiro atoms. The molecule has 0 N–H and O–H groups in total. The minimum atomic E-state index is 1.23. The molecule has 1 heteroatoms. The average molecular weight is 306 g/mol. The molecule has 0 rings (SSSR count). The van der Waals surface area contributed by atoms with Gasteiger partial charge >= 0.3 is 0 Å². The lowest BCUT2D eigenvalue weighted by Crippen LogP contribution is -1.73. The average Bonchev–Trinajstić information content (AvgIpc) is 2.21. The van der Waals surface area contributed by atoms with Gasteiger partial charge in [0.2, 0.25) is 0 Å². The van der Waals surface area contributed by atoms with Crippen molar-refractivity contribution < 1.29 is 0 Å². The normalized spacial score (nSPS) is 11.9. The largest absolute Gasteiger partial charge is 0.0864 e. The summed E-state index contributed by atoms with van der Waals surface area (Å²) in [5.74, 6) is 0. The molecule has 0 aromatic carbocycles. The van der Waals surface area contributed by atoms with Crippen LogP contribution in [0.25, 0.3) is 0 Å². The summed E-state index contributed by atoms with van der Waals surface area (Å²) in [6, 6.07) is 0. The first-order chi connectivity index (χ1) is 6.91. The molecule has 0 fully saturated rings. The van der Waals surface area contributed by atoms with Crippen molar-refractivity contribution >= 4 is 22.6 Å². The molecule has 0 nitrogen and oxygen atoms in total. The highest BCUT2D eigenvalue weighted by atomic mass is 127. The van der Waals surface area contributed by atoms with Gasteiger partial charge in [0.05, 0.1) is 0 Å². The third kappa shape index (κ3) is 12.2. The first-order valence-electron chi connectivity index (χ1n) is 5.79. The monoisotopic (exact) mass is 306 g/mol. The first kappa shape index (κ1) is 14.2. The molecular formula is C13H23I. The fourth-order valence-corrected chi connectivity index (χ4v) is 1.67. The van der Waals surface area contributed by atoms with Crippen molar-refractivity contribution in [3.05, 3.63) is 24.3 Å². The van der Waals surface area contributed by atoms with E-state index in [2.05, 4.69) is 53.8 Å². The summed E-state index contributed by atoms with van der Waals surface area (Å²) >= 11 is 2.42. The van der Waals surface area contributed by atoms with Crippen LogP contribution in [0.2, 0.25) is 0 Å². The molecule has 0 bridgehead atoms. The molecular weight excluding hydrogens is 283 g/mol. The number of hydrogen-bond donors (Lipinski definition) is 0. The van der Waals surface area contributed by atoms with Crippen LogP contribution < -0.4 is 0 Å². The Bertz CT molecular complexity index is 147. The Morgan fingerprint density at radius 3 is 2.07 bits per heavy atom. The maximum atomic E-state index is 2.42. The van der Waals surface area contributed by atoms with Gasteiger partial charge in [0.1, 0.15) is 0 Å². The van der Waals surface area contributed by atoms with Gasteiger partial charge in [0.15, 0.2) is 0 Å². The maximum Gasteiger partial charge on any atom is -0.000178 e. The SMILES string of the molecule is CCCCCC/C=C/C=C/CCCI. The van der Waals surface area contributed by atoms with Crippen LogP contribution in [0.1, 0.15) is 51.9 Å². The number of alkyl halides is 1. The van der Waals surface area contributed by atoms with Gasteiger partial charge in [-0.15, -0.1) is 0 Å². The van der Waals surface area contributed by atoms with E-state index in [1.165, 1.54) is 49.4 Å². The summed E-state index contributed by atoms with van der Waals surface area (Å²) in [6.07, 6.45) is 18.2. The van der Waals surface area contributed by atoms with E-state index in [0.717, 1.165) is 0 Å². The Morgan fingerprint density at radius 2 is 1.50 bits per heavy atom. The smallest absolute Gasteiger partial charge is 0.000178 e. The van der Waals surface area contributed by atoms with Gasteiger partial charge in [-0.05, 0) is 30.1 Å². The van der Waals surface area contributed by atoms with Crippen LogP contribution in [-0.4, -0.2) is 4.43 Å². The van der Waals surface area contributed by atoms with E-state index in [1.807, 2.05) is 0 Å². The van der Waals surface area contributed by atoms with Crippen LogP contribution in [0, 0.1) is 0 Å². The summed E-state index contributed by atoms with van der Waals surface area (Å²) in [5, 5.41) is 0. The quantitative estimate of drug-likeness (QED) is 0.235. The second-order valence-corrected chi connectivity index (χ2v) is 4.62. The van der Waals surface area contributed by atoms with Crippen LogP contribution in [0.4, 0.5) is 0 Å². The number of halogens is 1. The maximum absolute atomic E-state index is 2.42. The predicted molar refractivity (Wildman–Crippen MR) is 75.2 cm³/mol. The molecule has 0 saturated carbocycles. The van der Waals surface area contributed by atoms with Gasteiger partial charge in [-0.3, -0.25) is 0 Å². The highest BCUT2D eigenvalue weighted by Gasteiger charge is 1.83. The van der Waals surface area contributed by atoms with Crippen molar-refractivity contribution in [1.82, 2.24) is 0 Å². The lowest BCUT2D eigenvalue weighted by atomic mass is 10.1. The first-order valence-corrected chi connectivity index (χ1v) is 7.32. The van der Waals surface area contributed by atoms with Crippen LogP contribution >= 0.6 is 22.6 Å². The Kier molecular flexibility index (Phi) is 13.4. The van der Waals surface area contributed by atoms with Crippen molar-refractivity contribution in [2.75, 3.05) is 4.43 Å². The second-order valence-electron chi connectivity index (χ2n) is 3.54. The molecule has 0 aromatic heterocycles. The molecule has 0 unspecified atom stereocenters. The van der Waals surface area contributed by atoms with E-state index >= 15 is 0 Å². The highest BCUT2D eigenvalue weighted by molar-refractivity contribution is 14.1. The molecule has 0 aromatic rings. The third-order valence-corrected chi connectivity index (χ3v) is 2.87. The topological polar surface area (TPSA) is 0 Å². The van der Waals surface area contributed by atoms with Gasteiger partial charge in [-0.25, -0.2) is 0 Å². The van der Waals surface area contributed by atoms with Crippen LogP contribution in [0.5, 0.6) is 0 Å². The second kappa shape index (κ2) is 13.2. The van der Waals surface area contributed by atoms with Crippen molar-refractivity contribution in [2.24, 2.45) is 0 Å². The van der Waals surface area contributed by atoms with Gasteiger partial charge in [-0.1, -0.05) is 73.1 Å². The zero-order valence-corrected chi connectivity index (χ0v) is 11.5. The molecule has 0 aliphatic rings. The van der Waals surface area contributed by atoms with E-state index in [0.29, 0.717) is 0 Å². The summed E-state index contributed by atoms with van der Waals surface area (Å²) in [6.45, 7) is 2.26. The lowest BCUT2D eigenvalue weighted by molar-refractivity contribution is 0.674. The molecule has 0 atom stereocenters. The molecule has 0 aliphatic heterocycles. The Hall–Kier alpha value is 0.210. The zero-order chi connectivity index (χ0) is 10.5. The van der Waals surface area contributed by atoms with Gasteiger partial charge in [-0.2, -0.15) is 0 Å². The Balaban J connectivity index is 3.14. The highest BCUT2D eigenvalue weighted by Crippen LogP contribution is 2.03. The minimum absolute atomic E-state index is 1.23. The predicted octanol–water partition coefficient (Wildman–Crippen LogP) is 5.28. The fraction of sp³-hybridized carbons (Fsp3) is 0.692. The Morgan fingerprint density at radius 1 is 0.857 bits per heavy atom. The van der Waals surface area contributed by atoms with Gasteiger partial charge < -0.3 is 0 Å². The van der Waals surface area contributed by atoms with E-state index < -0.39 is 0 Å². The van der Waals surface area contributed by atoms with Crippen LogP contribution in [0.3, 0.4) is 0 Å². The lowest BCUT2D eigenvalue weighted by Gasteiger charge is -1.93. The molecule has 0 aliphatic carbocycles. The summed E-state index contributed by atoms with van der Waals surface area (Å²) in [5.41, 5.74) is 0. The third-order valence-electron chi connectivity index (χ3n) is 2.11. The van der Waals surface area contributed by atoms with Gasteiger partial charge in [0, 0.05) is 0 Å². The van der Waals surface area contributed by atoms with Crippen LogP contribution in [0.15, 0.2) is 24.3 Å². The summed E-state index contributed by atoms with van der Waals surface area (Å²) in [4.78, 5) is 0. The number of hydrogen-bond acceptors (Lipinski definition) is 0. The number of rotatable bonds is 9. The molecule has 82 valence electrons. The number of unbranched alkanes of at least 4 members (excludes halogenated alkanes) is 5. The standard InChI is InChI=1S/C13H23I/c1-2-3-4-5-6-7-8-9-10-11-12-13-14/h7-10H,2-6,11-13H2,1H3/b8-7+,10-9+. The number of allylic oxidation sites excluding steroid dienone is 4. The summed E-state index contributed by atoms with van der Waals surface area (Å²) < 4.78 is 1.27. The molecule has 0 amide bonds. The van der Waals surface area contributed by atoms with Gasteiger partial charge in [0.25, 0.3) is 0 Å². The van der Waals surface area contributed by atoms with Crippen molar-refractivity contribution in [3.63, 3.8) is 0 Å². The Labute approximate surface area is 103 Å². The molecule has 0 heterocycles. The van der Waals surface area contributed by atoms with Crippen molar-refractivity contribution in [1.29, 1.82) is 0 Å². The summed E-state index contributed by atoms with van der Waals surface area (Å²) in [7, 11) is 0. The fourth-order valence-electron chi connectivity index (χ4n) is 1.23. The van der Waals surface area contributed by atoms with E-state index in [4.69, 9.17) is 0 Å². The van der Waals surface area contributed by atoms with Crippen molar-refractivity contribution in [3.8, 4) is 0 Å². The molecule has 14 heavy (non-hydrogen) atoms. The van der Waals surface area contributed by atoms with Crippen molar-refractivity contribution in [2.45, 2.75) is 51.9 Å². The van der Waals surface area contributed by atoms with Crippen LogP contribution in [-0.2, 0) is 0 Å². The molecule has 0 saturated heterocycles. The molecule has 0 radical (unpaired) electrons. The van der Waals surface area contributed by atoms with E-state index in [1.54, 1.807) is 0 Å². The zero-order valence-electron chi connectivity index (χ0n) is 9.34. The minimum Gasteiger partial charge on any atom is -0.0864 e.